The van der Waals surface area contributed by atoms with Crippen LogP contribution in [0.1, 0.15) is 122 Å². The molecule has 4 nitrogen and oxygen atoms in total. The molecule has 0 aromatic carbocycles. The zero-order chi connectivity index (χ0) is 27.1. The van der Waals surface area contributed by atoms with Crippen LogP contribution in [0.5, 0.6) is 0 Å². The van der Waals surface area contributed by atoms with Crippen molar-refractivity contribution in [2.45, 2.75) is 145 Å². The van der Waals surface area contributed by atoms with Gasteiger partial charge < -0.3 is 4.74 Å². The summed E-state index contributed by atoms with van der Waals surface area (Å²) in [5.41, 5.74) is 0.402. The molecule has 0 amide bonds. The number of piperazine rings is 1. The molecule has 0 aliphatic carbocycles. The Bertz CT molecular complexity index is 580. The Labute approximate surface area is 221 Å². The van der Waals surface area contributed by atoms with Gasteiger partial charge in [0.15, 0.2) is 0 Å². The van der Waals surface area contributed by atoms with E-state index in [4.69, 9.17) is 4.74 Å². The second-order valence-electron chi connectivity index (χ2n) is 13.7. The lowest BCUT2D eigenvalue weighted by molar-refractivity contribution is -0.0971. The summed E-state index contributed by atoms with van der Waals surface area (Å²) in [6.07, 6.45) is 6.24. The summed E-state index contributed by atoms with van der Waals surface area (Å²) in [5, 5.41) is 0. The molecule has 2 saturated heterocycles. The van der Waals surface area contributed by atoms with Gasteiger partial charge in [-0.2, -0.15) is 0 Å². The predicted octanol–water partition coefficient (Wildman–Crippen LogP) is 7.32. The highest BCUT2D eigenvalue weighted by atomic mass is 16.5. The Kier molecular flexibility index (Phi) is 12.8. The minimum absolute atomic E-state index is 0.119. The van der Waals surface area contributed by atoms with E-state index in [1.807, 2.05) is 13.8 Å². The molecule has 0 N–H and O–H groups in total. The van der Waals surface area contributed by atoms with Gasteiger partial charge in [-0.25, -0.2) is 0 Å². The van der Waals surface area contributed by atoms with Gasteiger partial charge in [-0.3, -0.25) is 14.7 Å². The van der Waals surface area contributed by atoms with Crippen molar-refractivity contribution in [2.75, 3.05) is 45.9 Å². The smallest absolute Gasteiger partial charge is 0.0632 e. The van der Waals surface area contributed by atoms with E-state index in [-0.39, 0.29) is 22.1 Å². The van der Waals surface area contributed by atoms with Gasteiger partial charge >= 0.3 is 0 Å². The maximum Gasteiger partial charge on any atom is 0.0632 e. The van der Waals surface area contributed by atoms with Crippen LogP contribution in [0.25, 0.3) is 0 Å². The Hall–Kier alpha value is -0.160. The van der Waals surface area contributed by atoms with Crippen LogP contribution in [0, 0.1) is 11.3 Å². The summed E-state index contributed by atoms with van der Waals surface area (Å²) in [4.78, 5) is 8.05. The number of piperidine rings is 1. The highest BCUT2D eigenvalue weighted by Crippen LogP contribution is 2.43. The maximum absolute atomic E-state index is 6.61. The molecule has 0 saturated carbocycles. The zero-order valence-corrected chi connectivity index (χ0v) is 26.4. The molecule has 2 aliphatic heterocycles. The summed E-state index contributed by atoms with van der Waals surface area (Å²) >= 11 is 0. The number of likely N-dealkylation sites (tertiary alicyclic amines) is 1. The molecule has 0 bridgehead atoms. The van der Waals surface area contributed by atoms with Crippen molar-refractivity contribution in [1.82, 2.24) is 14.7 Å². The number of nitrogens with zero attached hydrogens (tertiary/aromatic N) is 3. The molecule has 2 heterocycles. The molecule has 2 fully saturated rings. The lowest BCUT2D eigenvalue weighted by Crippen LogP contribution is -2.61. The first-order valence-corrected chi connectivity index (χ1v) is 15.0. The topological polar surface area (TPSA) is 19.0 Å². The summed E-state index contributed by atoms with van der Waals surface area (Å²) in [6, 6.07) is 0.651. The molecule has 0 unspecified atom stereocenters. The van der Waals surface area contributed by atoms with Crippen molar-refractivity contribution in [3.8, 4) is 0 Å². The molecule has 2 rings (SSSR count). The van der Waals surface area contributed by atoms with E-state index < -0.39 is 0 Å². The first-order chi connectivity index (χ1) is 16.1. The second kappa shape index (κ2) is 13.6. The third-order valence-corrected chi connectivity index (χ3v) is 9.61. The van der Waals surface area contributed by atoms with Crippen LogP contribution < -0.4 is 0 Å². The Morgan fingerprint density at radius 3 is 1.74 bits per heavy atom. The van der Waals surface area contributed by atoms with Crippen LogP contribution in [0.3, 0.4) is 0 Å². The first kappa shape index (κ1) is 32.9. The molecule has 0 aromatic rings. The van der Waals surface area contributed by atoms with Gasteiger partial charge in [0.05, 0.1) is 5.60 Å². The van der Waals surface area contributed by atoms with Crippen molar-refractivity contribution in [2.24, 2.45) is 11.3 Å². The summed E-state index contributed by atoms with van der Waals surface area (Å²) in [6.45, 7) is 38.3. The normalized spacial score (nSPS) is 20.7. The van der Waals surface area contributed by atoms with Crippen molar-refractivity contribution in [3.63, 3.8) is 0 Å². The van der Waals surface area contributed by atoms with E-state index in [1.54, 1.807) is 0 Å². The largest absolute Gasteiger partial charge is 0.375 e. The minimum atomic E-state index is -0.119. The van der Waals surface area contributed by atoms with E-state index in [9.17, 15) is 0 Å². The molecular weight excluding hydrogens is 430 g/mol. The van der Waals surface area contributed by atoms with Crippen LogP contribution in [-0.4, -0.2) is 83.3 Å². The highest BCUT2D eigenvalue weighted by molar-refractivity contribution is 5.00. The molecule has 0 spiro atoms. The standard InChI is InChI=1S/C29H59N3O.C2H6/c1-12-25-13-16-31(17-14-25)27(6,7)15-22-33-28(8,9)23-26(4,5)29(10,11)32-20-18-30(19-21-32)24(2)3;1-2/h24-25H,12-23H2,1-11H3;1-2H3. The fourth-order valence-electron chi connectivity index (χ4n) is 6.24. The van der Waals surface area contributed by atoms with Crippen molar-refractivity contribution in [1.29, 1.82) is 0 Å². The van der Waals surface area contributed by atoms with Crippen LogP contribution in [0.15, 0.2) is 0 Å². The van der Waals surface area contributed by atoms with E-state index in [0.29, 0.717) is 6.04 Å². The fraction of sp³-hybridized carbons (Fsp3) is 1.00. The van der Waals surface area contributed by atoms with E-state index in [1.165, 1.54) is 58.5 Å². The number of ether oxygens (including phenoxy) is 1. The third-order valence-electron chi connectivity index (χ3n) is 9.61. The van der Waals surface area contributed by atoms with Crippen molar-refractivity contribution < 1.29 is 4.74 Å². The van der Waals surface area contributed by atoms with E-state index in [0.717, 1.165) is 25.4 Å². The van der Waals surface area contributed by atoms with Gasteiger partial charge in [0.2, 0.25) is 0 Å². The monoisotopic (exact) mass is 496 g/mol. The summed E-state index contributed by atoms with van der Waals surface area (Å²) in [5.74, 6) is 0.936. The van der Waals surface area contributed by atoms with Gasteiger partial charge in [0.1, 0.15) is 0 Å². The molecule has 0 atom stereocenters. The van der Waals surface area contributed by atoms with Crippen LogP contribution in [0.4, 0.5) is 0 Å². The Balaban J connectivity index is 0.00000298. The van der Waals surface area contributed by atoms with E-state index in [2.05, 4.69) is 90.9 Å². The molecule has 35 heavy (non-hydrogen) atoms. The number of hydrogen-bond donors (Lipinski definition) is 0. The maximum atomic E-state index is 6.61. The molecule has 0 radical (unpaired) electrons. The summed E-state index contributed by atoms with van der Waals surface area (Å²) < 4.78 is 6.61. The van der Waals surface area contributed by atoms with Gasteiger partial charge in [0, 0.05) is 49.9 Å². The third kappa shape index (κ3) is 9.27. The average Bonchev–Trinajstić information content (AvgIpc) is 2.79. The van der Waals surface area contributed by atoms with Crippen molar-refractivity contribution in [3.05, 3.63) is 0 Å². The van der Waals surface area contributed by atoms with Gasteiger partial charge in [-0.15, -0.1) is 0 Å². The van der Waals surface area contributed by atoms with Crippen molar-refractivity contribution >= 4 is 0 Å². The highest BCUT2D eigenvalue weighted by Gasteiger charge is 2.45. The number of hydrogen-bond acceptors (Lipinski definition) is 4. The van der Waals surface area contributed by atoms with Crippen LogP contribution in [0.2, 0.25) is 0 Å². The number of rotatable bonds is 11. The van der Waals surface area contributed by atoms with Gasteiger partial charge in [0.25, 0.3) is 0 Å². The van der Waals surface area contributed by atoms with E-state index >= 15 is 0 Å². The Morgan fingerprint density at radius 1 is 0.771 bits per heavy atom. The molecule has 0 aromatic heterocycles. The van der Waals surface area contributed by atoms with Crippen LogP contribution in [-0.2, 0) is 4.74 Å². The molecule has 2 aliphatic rings. The second-order valence-corrected chi connectivity index (χ2v) is 13.7. The predicted molar refractivity (Wildman–Crippen MR) is 155 cm³/mol. The van der Waals surface area contributed by atoms with Gasteiger partial charge in [-0.05, 0) is 105 Å². The molecule has 210 valence electrons. The summed E-state index contributed by atoms with van der Waals surface area (Å²) in [7, 11) is 0. The lowest BCUT2D eigenvalue weighted by Gasteiger charge is -2.54. The first-order valence-electron chi connectivity index (χ1n) is 15.0. The Morgan fingerprint density at radius 2 is 1.29 bits per heavy atom. The van der Waals surface area contributed by atoms with Crippen LogP contribution >= 0.6 is 0 Å². The zero-order valence-electron chi connectivity index (χ0n) is 26.4. The average molecular weight is 496 g/mol. The molecule has 4 heteroatoms. The minimum Gasteiger partial charge on any atom is -0.375 e. The molecular formula is C31H65N3O. The van der Waals surface area contributed by atoms with Gasteiger partial charge in [-0.1, -0.05) is 41.0 Å². The quantitative estimate of drug-likeness (QED) is 0.299. The lowest BCUT2D eigenvalue weighted by atomic mass is 9.67. The SMILES string of the molecule is CC.CCC1CCN(C(C)(C)CCOC(C)(C)CC(C)(C)C(C)(C)N2CCN(C(C)C)CC2)CC1. The fourth-order valence-corrected chi connectivity index (χ4v) is 6.24.